The zero-order valence-corrected chi connectivity index (χ0v) is 10.3. The van der Waals surface area contributed by atoms with Crippen molar-refractivity contribution < 1.29 is 14.6 Å². The van der Waals surface area contributed by atoms with Crippen molar-refractivity contribution in [1.29, 1.82) is 0 Å². The molecule has 4 heteroatoms. The summed E-state index contributed by atoms with van der Waals surface area (Å²) in [6.07, 6.45) is 2.95. The average Bonchev–Trinajstić information content (AvgIpc) is 2.38. The van der Waals surface area contributed by atoms with E-state index in [4.69, 9.17) is 4.74 Å². The first-order valence-corrected chi connectivity index (χ1v) is 6.04. The fraction of sp³-hybridized carbons (Fsp3) is 0.917. The van der Waals surface area contributed by atoms with Crippen LogP contribution in [0.2, 0.25) is 0 Å². The number of rotatable bonds is 0. The highest BCUT2D eigenvalue weighted by Gasteiger charge is 2.54. The summed E-state index contributed by atoms with van der Waals surface area (Å²) in [5, 5.41) is 9.97. The van der Waals surface area contributed by atoms with Crippen LogP contribution in [0.3, 0.4) is 0 Å². The van der Waals surface area contributed by atoms with Crippen molar-refractivity contribution in [3.05, 3.63) is 0 Å². The zero-order chi connectivity index (χ0) is 12.0. The van der Waals surface area contributed by atoms with Crippen LogP contribution in [0.1, 0.15) is 46.5 Å². The lowest BCUT2D eigenvalue weighted by Gasteiger charge is -2.47. The van der Waals surface area contributed by atoms with Crippen molar-refractivity contribution in [1.82, 2.24) is 4.90 Å². The Morgan fingerprint density at radius 2 is 2.06 bits per heavy atom. The van der Waals surface area contributed by atoms with E-state index in [2.05, 4.69) is 0 Å². The Morgan fingerprint density at radius 1 is 1.44 bits per heavy atom. The highest BCUT2D eigenvalue weighted by molar-refractivity contribution is 5.70. The molecule has 0 aromatic rings. The molecule has 1 aliphatic heterocycles. The van der Waals surface area contributed by atoms with E-state index in [9.17, 15) is 9.90 Å². The number of carbonyl (C=O) groups excluding carboxylic acids is 1. The standard InChI is InChI=1S/C12H21NO3/c1-11(2,3)16-10(15)13-8-5-9(14)12(13)6-4-7-12/h9,14H,4-8H2,1-3H3/t9-/m0/s1. The van der Waals surface area contributed by atoms with E-state index >= 15 is 0 Å². The number of likely N-dealkylation sites (tertiary alicyclic amines) is 1. The van der Waals surface area contributed by atoms with Gasteiger partial charge in [-0.1, -0.05) is 0 Å². The summed E-state index contributed by atoms with van der Waals surface area (Å²) in [6.45, 7) is 6.22. The molecule has 2 fully saturated rings. The number of aliphatic hydroxyl groups is 1. The molecule has 1 saturated heterocycles. The van der Waals surface area contributed by atoms with Crippen molar-refractivity contribution in [2.75, 3.05) is 6.54 Å². The molecule has 1 heterocycles. The normalized spacial score (nSPS) is 28.0. The molecule has 0 aromatic carbocycles. The lowest BCUT2D eigenvalue weighted by molar-refractivity contribution is -0.0461. The smallest absolute Gasteiger partial charge is 0.410 e. The van der Waals surface area contributed by atoms with Gasteiger partial charge in [0.2, 0.25) is 0 Å². The predicted molar refractivity (Wildman–Crippen MR) is 60.1 cm³/mol. The SMILES string of the molecule is CC(C)(C)OC(=O)N1CC[C@H](O)C12CCC2. The topological polar surface area (TPSA) is 49.8 Å². The molecule has 4 nitrogen and oxygen atoms in total. The van der Waals surface area contributed by atoms with Gasteiger partial charge < -0.3 is 9.84 Å². The number of amides is 1. The maximum absolute atomic E-state index is 12.0. The first-order valence-electron chi connectivity index (χ1n) is 6.04. The first kappa shape index (κ1) is 11.7. The molecule has 16 heavy (non-hydrogen) atoms. The third kappa shape index (κ3) is 1.79. The van der Waals surface area contributed by atoms with Gasteiger partial charge in [-0.25, -0.2) is 4.79 Å². The van der Waals surface area contributed by atoms with Crippen LogP contribution in [0.15, 0.2) is 0 Å². The van der Waals surface area contributed by atoms with E-state index in [1.807, 2.05) is 20.8 Å². The van der Waals surface area contributed by atoms with E-state index in [0.29, 0.717) is 13.0 Å². The summed E-state index contributed by atoms with van der Waals surface area (Å²) in [6, 6.07) is 0. The van der Waals surface area contributed by atoms with Gasteiger partial charge in [0.25, 0.3) is 0 Å². The third-order valence-electron chi connectivity index (χ3n) is 3.62. The van der Waals surface area contributed by atoms with E-state index in [1.54, 1.807) is 4.90 Å². The molecule has 2 rings (SSSR count). The van der Waals surface area contributed by atoms with E-state index < -0.39 is 5.60 Å². The summed E-state index contributed by atoms with van der Waals surface area (Å²) < 4.78 is 5.38. The second-order valence-electron chi connectivity index (χ2n) is 5.89. The summed E-state index contributed by atoms with van der Waals surface area (Å²) in [5.74, 6) is 0. The van der Waals surface area contributed by atoms with Gasteiger partial charge in [-0.2, -0.15) is 0 Å². The molecular weight excluding hydrogens is 206 g/mol. The van der Waals surface area contributed by atoms with Crippen LogP contribution >= 0.6 is 0 Å². The van der Waals surface area contributed by atoms with Crippen LogP contribution in [0, 0.1) is 0 Å². The lowest BCUT2D eigenvalue weighted by atomic mass is 9.73. The van der Waals surface area contributed by atoms with E-state index in [0.717, 1.165) is 19.3 Å². The van der Waals surface area contributed by atoms with Gasteiger partial charge >= 0.3 is 6.09 Å². The van der Waals surface area contributed by atoms with Gasteiger partial charge in [0.05, 0.1) is 11.6 Å². The number of nitrogens with zero attached hydrogens (tertiary/aromatic N) is 1. The first-order chi connectivity index (χ1) is 7.35. The Morgan fingerprint density at radius 3 is 2.50 bits per heavy atom. The molecule has 92 valence electrons. The maximum atomic E-state index is 12.0. The summed E-state index contributed by atoms with van der Waals surface area (Å²) >= 11 is 0. The van der Waals surface area contributed by atoms with Gasteiger partial charge in [0, 0.05) is 6.54 Å². The fourth-order valence-electron chi connectivity index (χ4n) is 2.65. The Balaban J connectivity index is 2.07. The van der Waals surface area contributed by atoms with Crippen LogP contribution in [0.4, 0.5) is 4.79 Å². The van der Waals surface area contributed by atoms with Gasteiger partial charge in [-0.3, -0.25) is 4.90 Å². The van der Waals surface area contributed by atoms with Gasteiger partial charge in [0.1, 0.15) is 5.60 Å². The highest BCUT2D eigenvalue weighted by atomic mass is 16.6. The second-order valence-corrected chi connectivity index (χ2v) is 5.89. The minimum atomic E-state index is -0.463. The molecule has 0 aromatic heterocycles. The number of hydrogen-bond donors (Lipinski definition) is 1. The van der Waals surface area contributed by atoms with Crippen LogP contribution in [-0.2, 0) is 4.74 Å². The third-order valence-corrected chi connectivity index (χ3v) is 3.62. The van der Waals surface area contributed by atoms with Crippen molar-refractivity contribution >= 4 is 6.09 Å². The van der Waals surface area contributed by atoms with E-state index in [1.165, 1.54) is 0 Å². The van der Waals surface area contributed by atoms with Crippen LogP contribution < -0.4 is 0 Å². The number of carbonyl (C=O) groups is 1. The minimum absolute atomic E-state index is 0.274. The molecule has 0 bridgehead atoms. The molecule has 1 amide bonds. The molecule has 1 aliphatic carbocycles. The molecular formula is C12H21NO3. The minimum Gasteiger partial charge on any atom is -0.444 e. The van der Waals surface area contributed by atoms with E-state index in [-0.39, 0.29) is 17.7 Å². The molecule has 0 radical (unpaired) electrons. The molecule has 1 saturated carbocycles. The van der Waals surface area contributed by atoms with Crippen LogP contribution in [-0.4, -0.2) is 39.9 Å². The summed E-state index contributed by atoms with van der Waals surface area (Å²) in [7, 11) is 0. The highest BCUT2D eigenvalue weighted by Crippen LogP contribution is 2.46. The Kier molecular flexibility index (Phi) is 2.65. The fourth-order valence-corrected chi connectivity index (χ4v) is 2.65. The lowest BCUT2D eigenvalue weighted by Crippen LogP contribution is -2.58. The number of ether oxygens (including phenoxy) is 1. The predicted octanol–water partition coefficient (Wildman–Crippen LogP) is 1.91. The number of aliphatic hydroxyl groups excluding tert-OH is 1. The van der Waals surface area contributed by atoms with Crippen molar-refractivity contribution in [3.63, 3.8) is 0 Å². The van der Waals surface area contributed by atoms with Gasteiger partial charge in [-0.05, 0) is 46.5 Å². The summed E-state index contributed by atoms with van der Waals surface area (Å²) in [4.78, 5) is 13.7. The summed E-state index contributed by atoms with van der Waals surface area (Å²) in [5.41, 5.74) is -0.766. The van der Waals surface area contributed by atoms with Crippen molar-refractivity contribution in [3.8, 4) is 0 Å². The molecule has 0 unspecified atom stereocenters. The Labute approximate surface area is 96.6 Å². The van der Waals surface area contributed by atoms with Crippen LogP contribution in [0.5, 0.6) is 0 Å². The Hall–Kier alpha value is -0.770. The van der Waals surface area contributed by atoms with Crippen molar-refractivity contribution in [2.45, 2.75) is 63.7 Å². The molecule has 1 N–H and O–H groups in total. The Bertz CT molecular complexity index is 291. The van der Waals surface area contributed by atoms with Crippen molar-refractivity contribution in [2.24, 2.45) is 0 Å². The zero-order valence-electron chi connectivity index (χ0n) is 10.3. The van der Waals surface area contributed by atoms with Crippen LogP contribution in [0.25, 0.3) is 0 Å². The molecule has 1 atom stereocenters. The molecule has 2 aliphatic rings. The quantitative estimate of drug-likeness (QED) is 0.687. The second kappa shape index (κ2) is 3.62. The average molecular weight is 227 g/mol. The van der Waals surface area contributed by atoms with Gasteiger partial charge in [-0.15, -0.1) is 0 Å². The maximum Gasteiger partial charge on any atom is 0.410 e. The molecule has 1 spiro atoms. The largest absolute Gasteiger partial charge is 0.444 e. The monoisotopic (exact) mass is 227 g/mol. The van der Waals surface area contributed by atoms with Gasteiger partial charge in [0.15, 0.2) is 0 Å². The number of hydrogen-bond acceptors (Lipinski definition) is 3.